The Morgan fingerprint density at radius 2 is 1.34 bits per heavy atom. The standard InChI is InChI=1S/C25H23N3S/c1-4-11-21(12-5-1)17-10-18-29-25-27-26-24(19-22-13-6-2-7-14-22)28(25)20-23-15-8-3-9-16-23/h1-17H,18-20H2. The van der Waals surface area contributed by atoms with Crippen LogP contribution in [0.4, 0.5) is 0 Å². The first-order chi connectivity index (χ1) is 14.4. The van der Waals surface area contributed by atoms with E-state index in [9.17, 15) is 0 Å². The van der Waals surface area contributed by atoms with Crippen molar-refractivity contribution >= 4 is 17.8 Å². The third kappa shape index (κ3) is 5.46. The van der Waals surface area contributed by atoms with Gasteiger partial charge in [-0.25, -0.2) is 0 Å². The predicted octanol–water partition coefficient (Wildman–Crippen LogP) is 5.72. The molecule has 0 aliphatic carbocycles. The van der Waals surface area contributed by atoms with Crippen molar-refractivity contribution in [1.82, 2.24) is 14.8 Å². The first-order valence-electron chi connectivity index (χ1n) is 9.73. The van der Waals surface area contributed by atoms with Gasteiger partial charge in [-0.3, -0.25) is 0 Å². The van der Waals surface area contributed by atoms with Gasteiger partial charge in [-0.05, 0) is 16.7 Å². The maximum Gasteiger partial charge on any atom is 0.191 e. The van der Waals surface area contributed by atoms with Gasteiger partial charge in [0.15, 0.2) is 5.16 Å². The Hall–Kier alpha value is -3.11. The molecule has 1 heterocycles. The van der Waals surface area contributed by atoms with E-state index in [-0.39, 0.29) is 0 Å². The maximum absolute atomic E-state index is 4.51. The molecular weight excluding hydrogens is 374 g/mol. The van der Waals surface area contributed by atoms with Gasteiger partial charge in [0.2, 0.25) is 0 Å². The Balaban J connectivity index is 1.51. The average Bonchev–Trinajstić information content (AvgIpc) is 3.14. The number of benzene rings is 3. The molecule has 0 unspecified atom stereocenters. The summed E-state index contributed by atoms with van der Waals surface area (Å²) < 4.78 is 2.24. The molecule has 4 rings (SSSR count). The molecule has 3 aromatic carbocycles. The number of hydrogen-bond donors (Lipinski definition) is 0. The first-order valence-corrected chi connectivity index (χ1v) is 10.7. The molecule has 0 bridgehead atoms. The molecule has 0 saturated heterocycles. The van der Waals surface area contributed by atoms with Crippen LogP contribution in [0.3, 0.4) is 0 Å². The van der Waals surface area contributed by atoms with Crippen molar-refractivity contribution < 1.29 is 0 Å². The minimum Gasteiger partial charge on any atom is -0.301 e. The van der Waals surface area contributed by atoms with Gasteiger partial charge in [-0.2, -0.15) is 0 Å². The van der Waals surface area contributed by atoms with Crippen molar-refractivity contribution in [2.24, 2.45) is 0 Å². The van der Waals surface area contributed by atoms with Gasteiger partial charge >= 0.3 is 0 Å². The van der Waals surface area contributed by atoms with Gasteiger partial charge < -0.3 is 4.57 Å². The van der Waals surface area contributed by atoms with Gasteiger partial charge in [0, 0.05) is 12.2 Å². The van der Waals surface area contributed by atoms with Gasteiger partial charge in [-0.1, -0.05) is 115 Å². The lowest BCUT2D eigenvalue weighted by molar-refractivity contribution is 0.676. The van der Waals surface area contributed by atoms with Crippen LogP contribution >= 0.6 is 11.8 Å². The summed E-state index contributed by atoms with van der Waals surface area (Å²) in [6.07, 6.45) is 5.11. The van der Waals surface area contributed by atoms with Gasteiger partial charge in [0.1, 0.15) is 5.82 Å². The van der Waals surface area contributed by atoms with E-state index in [1.54, 1.807) is 11.8 Å². The zero-order valence-electron chi connectivity index (χ0n) is 16.2. The Bertz CT molecular complexity index is 1040. The van der Waals surface area contributed by atoms with Crippen molar-refractivity contribution in [1.29, 1.82) is 0 Å². The van der Waals surface area contributed by atoms with Crippen LogP contribution in [0, 0.1) is 0 Å². The lowest BCUT2D eigenvalue weighted by Crippen LogP contribution is -2.07. The molecule has 1 aromatic heterocycles. The SMILES string of the molecule is C(=Cc1ccccc1)CSc1nnc(Cc2ccccc2)n1Cc1ccccc1. The van der Waals surface area contributed by atoms with Crippen molar-refractivity contribution in [3.63, 3.8) is 0 Å². The number of aromatic nitrogens is 3. The molecule has 0 aliphatic rings. The topological polar surface area (TPSA) is 30.7 Å². The minimum absolute atomic E-state index is 0.779. The minimum atomic E-state index is 0.779. The van der Waals surface area contributed by atoms with E-state index in [0.717, 1.165) is 29.7 Å². The van der Waals surface area contributed by atoms with Crippen molar-refractivity contribution in [3.05, 3.63) is 120 Å². The fraction of sp³-hybridized carbons (Fsp3) is 0.120. The highest BCUT2D eigenvalue weighted by Crippen LogP contribution is 2.21. The Morgan fingerprint density at radius 1 is 0.724 bits per heavy atom. The Kier molecular flexibility index (Phi) is 6.56. The molecule has 144 valence electrons. The molecule has 4 heteroatoms. The van der Waals surface area contributed by atoms with Crippen LogP contribution in [0.2, 0.25) is 0 Å². The van der Waals surface area contributed by atoms with Crippen LogP contribution in [0.25, 0.3) is 6.08 Å². The van der Waals surface area contributed by atoms with Crippen LogP contribution in [0.5, 0.6) is 0 Å². The maximum atomic E-state index is 4.51. The summed E-state index contributed by atoms with van der Waals surface area (Å²) in [5, 5.41) is 9.96. The third-order valence-electron chi connectivity index (χ3n) is 4.60. The Labute approximate surface area is 176 Å². The number of thioether (sulfide) groups is 1. The van der Waals surface area contributed by atoms with E-state index < -0.39 is 0 Å². The highest BCUT2D eigenvalue weighted by Gasteiger charge is 2.13. The zero-order chi connectivity index (χ0) is 19.7. The van der Waals surface area contributed by atoms with Gasteiger partial charge in [0.05, 0.1) is 6.54 Å². The number of hydrogen-bond acceptors (Lipinski definition) is 3. The highest BCUT2D eigenvalue weighted by atomic mass is 32.2. The molecule has 0 spiro atoms. The smallest absolute Gasteiger partial charge is 0.191 e. The monoisotopic (exact) mass is 397 g/mol. The molecule has 0 amide bonds. The molecule has 4 aromatic rings. The van der Waals surface area contributed by atoms with E-state index in [2.05, 4.69) is 99.7 Å². The fourth-order valence-electron chi connectivity index (χ4n) is 3.13. The summed E-state index contributed by atoms with van der Waals surface area (Å²) in [7, 11) is 0. The van der Waals surface area contributed by atoms with Crippen molar-refractivity contribution in [2.45, 2.75) is 18.1 Å². The van der Waals surface area contributed by atoms with Crippen molar-refractivity contribution in [3.8, 4) is 0 Å². The molecule has 29 heavy (non-hydrogen) atoms. The summed E-state index contributed by atoms with van der Waals surface area (Å²) in [4.78, 5) is 0. The van der Waals surface area contributed by atoms with Crippen molar-refractivity contribution in [2.75, 3.05) is 5.75 Å². The molecule has 0 radical (unpaired) electrons. The average molecular weight is 398 g/mol. The van der Waals surface area contributed by atoms with Crippen LogP contribution < -0.4 is 0 Å². The molecular formula is C25H23N3S. The normalized spacial score (nSPS) is 11.2. The van der Waals surface area contributed by atoms with Gasteiger partial charge in [0.25, 0.3) is 0 Å². The molecule has 0 atom stereocenters. The van der Waals surface area contributed by atoms with E-state index in [1.165, 1.54) is 16.7 Å². The number of rotatable bonds is 8. The van der Waals surface area contributed by atoms with Crippen LogP contribution in [-0.2, 0) is 13.0 Å². The highest BCUT2D eigenvalue weighted by molar-refractivity contribution is 7.99. The molecule has 0 aliphatic heterocycles. The lowest BCUT2D eigenvalue weighted by Gasteiger charge is -2.10. The van der Waals surface area contributed by atoms with Gasteiger partial charge in [-0.15, -0.1) is 10.2 Å². The molecule has 0 N–H and O–H groups in total. The van der Waals surface area contributed by atoms with Crippen LogP contribution in [0.15, 0.2) is 102 Å². The van der Waals surface area contributed by atoms with E-state index in [4.69, 9.17) is 0 Å². The van der Waals surface area contributed by atoms with Crippen LogP contribution in [0.1, 0.15) is 22.5 Å². The number of nitrogens with zero attached hydrogens (tertiary/aromatic N) is 3. The second-order valence-corrected chi connectivity index (χ2v) is 7.74. The summed E-state index contributed by atoms with van der Waals surface area (Å²) >= 11 is 1.72. The van der Waals surface area contributed by atoms with E-state index in [1.807, 2.05) is 18.2 Å². The summed E-state index contributed by atoms with van der Waals surface area (Å²) in [5.41, 5.74) is 3.71. The van der Waals surface area contributed by atoms with E-state index >= 15 is 0 Å². The second kappa shape index (κ2) is 9.89. The predicted molar refractivity (Wildman–Crippen MR) is 121 cm³/mol. The summed E-state index contributed by atoms with van der Waals surface area (Å²) in [6, 6.07) is 31.3. The molecule has 0 fully saturated rings. The third-order valence-corrected chi connectivity index (χ3v) is 5.52. The largest absolute Gasteiger partial charge is 0.301 e. The zero-order valence-corrected chi connectivity index (χ0v) is 17.0. The fourth-order valence-corrected chi connectivity index (χ4v) is 3.90. The molecule has 3 nitrogen and oxygen atoms in total. The second-order valence-electron chi connectivity index (χ2n) is 6.76. The lowest BCUT2D eigenvalue weighted by atomic mass is 10.1. The first kappa shape index (κ1) is 19.2. The quantitative estimate of drug-likeness (QED) is 0.356. The van der Waals surface area contributed by atoms with E-state index in [0.29, 0.717) is 0 Å². The van der Waals surface area contributed by atoms with Crippen LogP contribution in [-0.4, -0.2) is 20.5 Å². The summed E-state index contributed by atoms with van der Waals surface area (Å²) in [5.74, 6) is 1.85. The Morgan fingerprint density at radius 3 is 2.03 bits per heavy atom. The molecule has 0 saturated carbocycles. The summed E-state index contributed by atoms with van der Waals surface area (Å²) in [6.45, 7) is 0.779.